The van der Waals surface area contributed by atoms with Crippen molar-refractivity contribution >= 4 is 11.6 Å². The van der Waals surface area contributed by atoms with Crippen LogP contribution in [0.15, 0.2) is 36.2 Å². The summed E-state index contributed by atoms with van der Waals surface area (Å²) in [6, 6.07) is 0. The first-order chi connectivity index (χ1) is 9.09. The molecule has 0 saturated carbocycles. The smallest absolute Gasteiger partial charge is 0.185 e. The van der Waals surface area contributed by atoms with E-state index in [1.54, 1.807) is 0 Å². The normalized spacial score (nSPS) is 19.3. The predicted molar refractivity (Wildman–Crippen MR) is 79.3 cm³/mol. The third-order valence-corrected chi connectivity index (χ3v) is 3.44. The van der Waals surface area contributed by atoms with Crippen LogP contribution in [0.25, 0.3) is 0 Å². The molecule has 0 saturated heterocycles. The van der Waals surface area contributed by atoms with Crippen LogP contribution in [0.1, 0.15) is 25.7 Å². The summed E-state index contributed by atoms with van der Waals surface area (Å²) < 4.78 is 14.2. The minimum absolute atomic E-state index is 0.0185. The van der Waals surface area contributed by atoms with Gasteiger partial charge in [-0.3, -0.25) is 0 Å². The van der Waals surface area contributed by atoms with Crippen LogP contribution in [0.2, 0.25) is 0 Å². The summed E-state index contributed by atoms with van der Waals surface area (Å²) in [7, 11) is 0. The lowest BCUT2D eigenvalue weighted by atomic mass is 9.91. The number of nitrogens with two attached hydrogens (primary N) is 2. The minimum Gasteiger partial charge on any atom is -0.365 e. The molecular formula is C14H23ClFN3. The van der Waals surface area contributed by atoms with Crippen molar-refractivity contribution in [3.05, 3.63) is 36.2 Å². The van der Waals surface area contributed by atoms with Crippen LogP contribution in [0.5, 0.6) is 0 Å². The van der Waals surface area contributed by atoms with Crippen LogP contribution < -0.4 is 16.8 Å². The largest absolute Gasteiger partial charge is 0.365 e. The van der Waals surface area contributed by atoms with Crippen molar-refractivity contribution in [3.63, 3.8) is 0 Å². The van der Waals surface area contributed by atoms with E-state index < -0.39 is 5.13 Å². The molecule has 3 nitrogen and oxygen atoms in total. The molecule has 1 rings (SSSR count). The molecule has 0 aliphatic carbocycles. The molecule has 0 fully saturated rings. The number of halogens is 2. The second kappa shape index (κ2) is 8.35. The van der Waals surface area contributed by atoms with Gasteiger partial charge in [-0.15, -0.1) is 0 Å². The maximum atomic E-state index is 14.2. The van der Waals surface area contributed by atoms with Gasteiger partial charge in [0.25, 0.3) is 0 Å². The van der Waals surface area contributed by atoms with Gasteiger partial charge in [-0.1, -0.05) is 23.8 Å². The lowest BCUT2D eigenvalue weighted by Gasteiger charge is -2.26. The van der Waals surface area contributed by atoms with E-state index in [-0.39, 0.29) is 25.3 Å². The van der Waals surface area contributed by atoms with Crippen LogP contribution in [0.4, 0.5) is 4.39 Å². The molecule has 2 atom stereocenters. The lowest BCUT2D eigenvalue weighted by Crippen LogP contribution is -2.27. The van der Waals surface area contributed by atoms with Crippen LogP contribution in [0.3, 0.4) is 0 Å². The van der Waals surface area contributed by atoms with E-state index in [4.69, 9.17) is 23.1 Å². The van der Waals surface area contributed by atoms with Crippen molar-refractivity contribution in [2.45, 2.75) is 30.8 Å². The highest BCUT2D eigenvalue weighted by Gasteiger charge is 2.30. The van der Waals surface area contributed by atoms with E-state index >= 15 is 0 Å². The molecule has 1 aliphatic heterocycles. The third kappa shape index (κ3) is 6.23. The van der Waals surface area contributed by atoms with E-state index in [9.17, 15) is 4.39 Å². The maximum Gasteiger partial charge on any atom is 0.185 e. The van der Waals surface area contributed by atoms with Gasteiger partial charge in [0.15, 0.2) is 5.13 Å². The Kier molecular flexibility index (Phi) is 7.13. The highest BCUT2D eigenvalue weighted by molar-refractivity contribution is 6.22. The highest BCUT2D eigenvalue weighted by Crippen LogP contribution is 2.34. The summed E-state index contributed by atoms with van der Waals surface area (Å²) in [5.41, 5.74) is 11.9. The average Bonchev–Trinajstić information content (AvgIpc) is 2.63. The fourth-order valence-electron chi connectivity index (χ4n) is 2.13. The summed E-state index contributed by atoms with van der Waals surface area (Å²) >= 11 is 5.90. The molecule has 19 heavy (non-hydrogen) atoms. The molecule has 5 heteroatoms. The first-order valence-corrected chi connectivity index (χ1v) is 7.05. The monoisotopic (exact) mass is 287 g/mol. The van der Waals surface area contributed by atoms with Gasteiger partial charge in [-0.25, -0.2) is 4.39 Å². The Balaban J connectivity index is 2.73. The Hall–Kier alpha value is -0.840. The summed E-state index contributed by atoms with van der Waals surface area (Å²) in [4.78, 5) is 0. The minimum atomic E-state index is -1.75. The molecule has 2 unspecified atom stereocenters. The number of rotatable bonds is 8. The molecule has 0 bridgehead atoms. The van der Waals surface area contributed by atoms with Gasteiger partial charge >= 0.3 is 0 Å². The molecule has 108 valence electrons. The molecule has 1 aliphatic rings. The molecule has 0 aromatic carbocycles. The van der Waals surface area contributed by atoms with Crippen molar-refractivity contribution in [3.8, 4) is 0 Å². The van der Waals surface area contributed by atoms with Crippen molar-refractivity contribution < 1.29 is 4.39 Å². The third-order valence-electron chi connectivity index (χ3n) is 3.10. The zero-order valence-electron chi connectivity index (χ0n) is 11.1. The number of alkyl halides is 2. The number of nitrogens with one attached hydrogen (secondary N) is 1. The predicted octanol–water partition coefficient (Wildman–Crippen LogP) is 2.54. The van der Waals surface area contributed by atoms with Gasteiger partial charge in [0.1, 0.15) is 0 Å². The number of hydrogen-bond acceptors (Lipinski definition) is 3. The van der Waals surface area contributed by atoms with Gasteiger partial charge in [0, 0.05) is 30.7 Å². The molecule has 0 spiro atoms. The Morgan fingerprint density at radius 1 is 1.26 bits per heavy atom. The van der Waals surface area contributed by atoms with Crippen molar-refractivity contribution in [1.82, 2.24) is 5.32 Å². The van der Waals surface area contributed by atoms with E-state index in [2.05, 4.69) is 5.32 Å². The summed E-state index contributed by atoms with van der Waals surface area (Å²) in [6.45, 7) is 0.837. The molecule has 0 aromatic rings. The van der Waals surface area contributed by atoms with Crippen LogP contribution in [-0.2, 0) is 0 Å². The number of allylic oxidation sites excluding steroid dienone is 5. The lowest BCUT2D eigenvalue weighted by molar-refractivity contribution is 0.213. The van der Waals surface area contributed by atoms with Gasteiger partial charge < -0.3 is 16.8 Å². The van der Waals surface area contributed by atoms with Gasteiger partial charge in [0.05, 0.1) is 0 Å². The zero-order chi connectivity index (χ0) is 14.1. The quantitative estimate of drug-likeness (QED) is 0.601. The molecular weight excluding hydrogens is 265 g/mol. The second-order valence-electron chi connectivity index (χ2n) is 4.74. The molecule has 0 amide bonds. The zero-order valence-corrected chi connectivity index (χ0v) is 11.9. The van der Waals surface area contributed by atoms with Gasteiger partial charge in [-0.05, 0) is 38.1 Å². The van der Waals surface area contributed by atoms with E-state index in [1.165, 1.54) is 0 Å². The molecule has 0 radical (unpaired) electrons. The van der Waals surface area contributed by atoms with Crippen LogP contribution >= 0.6 is 11.6 Å². The molecule has 5 N–H and O–H groups in total. The Morgan fingerprint density at radius 3 is 2.74 bits per heavy atom. The average molecular weight is 288 g/mol. The summed E-state index contributed by atoms with van der Waals surface area (Å²) in [5.74, 6) is 0.0185. The standard InChI is InChI=1S/C14H23ClFN3/c15-14(16,7-9-18)11-12(5-4-8-17)13-6-2-1-3-10-19-13/h1-3,6,10,12,19H,4-5,7-9,11,17-18H2. The van der Waals surface area contributed by atoms with E-state index in [0.29, 0.717) is 6.54 Å². The maximum absolute atomic E-state index is 14.2. The Labute approximate surface area is 119 Å². The summed E-state index contributed by atoms with van der Waals surface area (Å²) in [5, 5.41) is 1.42. The number of hydrogen-bond donors (Lipinski definition) is 3. The van der Waals surface area contributed by atoms with Crippen LogP contribution in [0, 0.1) is 5.92 Å². The first-order valence-electron chi connectivity index (χ1n) is 6.67. The Bertz CT molecular complexity index is 351. The topological polar surface area (TPSA) is 64.1 Å². The SMILES string of the molecule is NCCCC(CC(F)(Cl)CCN)C1=CC=CC=CN1. The van der Waals surface area contributed by atoms with E-state index in [0.717, 1.165) is 18.5 Å². The fourth-order valence-corrected chi connectivity index (χ4v) is 2.43. The van der Waals surface area contributed by atoms with E-state index in [1.807, 2.05) is 30.5 Å². The first kappa shape index (κ1) is 16.2. The highest BCUT2D eigenvalue weighted by atomic mass is 35.5. The van der Waals surface area contributed by atoms with Crippen molar-refractivity contribution in [1.29, 1.82) is 0 Å². The Morgan fingerprint density at radius 2 is 2.05 bits per heavy atom. The van der Waals surface area contributed by atoms with Crippen molar-refractivity contribution in [2.24, 2.45) is 17.4 Å². The fraction of sp³-hybridized carbons (Fsp3) is 0.571. The summed E-state index contributed by atoms with van der Waals surface area (Å²) in [6.07, 6.45) is 11.6. The van der Waals surface area contributed by atoms with Gasteiger partial charge in [-0.2, -0.15) is 0 Å². The van der Waals surface area contributed by atoms with Crippen molar-refractivity contribution in [2.75, 3.05) is 13.1 Å². The van der Waals surface area contributed by atoms with Crippen LogP contribution in [-0.4, -0.2) is 18.2 Å². The second-order valence-corrected chi connectivity index (χ2v) is 5.41. The molecule has 1 heterocycles. The molecule has 0 aromatic heterocycles. The van der Waals surface area contributed by atoms with Gasteiger partial charge in [0.2, 0.25) is 0 Å².